The molecule has 1 rings (SSSR count). The average Bonchev–Trinajstić information content (AvgIpc) is 2.48. The molecule has 0 aromatic carbocycles. The van der Waals surface area contributed by atoms with E-state index in [1.54, 1.807) is 6.92 Å². The van der Waals surface area contributed by atoms with E-state index in [2.05, 4.69) is 6.58 Å². The second-order valence-electron chi connectivity index (χ2n) is 2.99. The molecule has 74 valence electrons. The first-order valence-corrected chi connectivity index (χ1v) is 4.12. The molecule has 1 fully saturated rings. The van der Waals surface area contributed by atoms with Crippen molar-refractivity contribution in [2.75, 3.05) is 13.7 Å². The molecule has 2 unspecified atom stereocenters. The standard InChI is InChI=1S/C9H14O4/c1-4-7(10)5-8-6-12-9(2,11-3)13-8/h4,8H,1,5-6H2,2-3H3. The van der Waals surface area contributed by atoms with Crippen LogP contribution in [0, 0.1) is 0 Å². The summed E-state index contributed by atoms with van der Waals surface area (Å²) in [4.78, 5) is 11.0. The molecule has 0 aromatic rings. The molecule has 0 amide bonds. The highest BCUT2D eigenvalue weighted by Gasteiger charge is 2.37. The lowest BCUT2D eigenvalue weighted by Crippen LogP contribution is -2.29. The number of carbonyl (C=O) groups is 1. The van der Waals surface area contributed by atoms with Gasteiger partial charge in [0.05, 0.1) is 12.7 Å². The molecule has 0 aliphatic carbocycles. The van der Waals surface area contributed by atoms with Gasteiger partial charge in [-0.15, -0.1) is 0 Å². The van der Waals surface area contributed by atoms with E-state index in [1.807, 2.05) is 0 Å². The predicted octanol–water partition coefficient (Wildman–Crippen LogP) is 0.867. The minimum Gasteiger partial charge on any atom is -0.331 e. The van der Waals surface area contributed by atoms with Gasteiger partial charge in [-0.05, 0) is 6.08 Å². The highest BCUT2D eigenvalue weighted by Crippen LogP contribution is 2.25. The van der Waals surface area contributed by atoms with Gasteiger partial charge in [0.25, 0.3) is 5.97 Å². The van der Waals surface area contributed by atoms with Crippen LogP contribution < -0.4 is 0 Å². The van der Waals surface area contributed by atoms with E-state index in [1.165, 1.54) is 13.2 Å². The summed E-state index contributed by atoms with van der Waals surface area (Å²) in [6, 6.07) is 0. The zero-order chi connectivity index (χ0) is 9.90. The maximum atomic E-state index is 11.0. The lowest BCUT2D eigenvalue weighted by Gasteiger charge is -2.20. The topological polar surface area (TPSA) is 44.8 Å². The SMILES string of the molecule is C=CC(=O)CC1COC(C)(OC)O1. The first-order valence-electron chi connectivity index (χ1n) is 4.12. The zero-order valence-electron chi connectivity index (χ0n) is 7.91. The summed E-state index contributed by atoms with van der Waals surface area (Å²) in [7, 11) is 1.50. The molecule has 4 nitrogen and oxygen atoms in total. The second-order valence-corrected chi connectivity index (χ2v) is 2.99. The lowest BCUT2D eigenvalue weighted by molar-refractivity contribution is -0.313. The Kier molecular flexibility index (Phi) is 3.19. The Bertz CT molecular complexity index is 214. The normalized spacial score (nSPS) is 33.2. The zero-order valence-corrected chi connectivity index (χ0v) is 7.91. The van der Waals surface area contributed by atoms with Crippen LogP contribution in [0.1, 0.15) is 13.3 Å². The van der Waals surface area contributed by atoms with E-state index in [0.717, 1.165) is 0 Å². The van der Waals surface area contributed by atoms with Crippen molar-refractivity contribution in [3.8, 4) is 0 Å². The molecule has 2 atom stereocenters. The molecule has 0 bridgehead atoms. The molecule has 1 aliphatic heterocycles. The molecular formula is C9H14O4. The molecule has 0 radical (unpaired) electrons. The summed E-state index contributed by atoms with van der Waals surface area (Å²) in [5, 5.41) is 0. The highest BCUT2D eigenvalue weighted by atomic mass is 16.9. The van der Waals surface area contributed by atoms with Crippen LogP contribution in [0.2, 0.25) is 0 Å². The third kappa shape index (κ3) is 2.62. The fourth-order valence-electron chi connectivity index (χ4n) is 1.13. The molecule has 1 saturated heterocycles. The molecule has 0 spiro atoms. The number of allylic oxidation sites excluding steroid dienone is 1. The number of rotatable bonds is 4. The van der Waals surface area contributed by atoms with Crippen LogP contribution in [0.3, 0.4) is 0 Å². The van der Waals surface area contributed by atoms with Gasteiger partial charge in [-0.25, -0.2) is 0 Å². The smallest absolute Gasteiger partial charge is 0.280 e. The van der Waals surface area contributed by atoms with Crippen LogP contribution in [-0.4, -0.2) is 31.6 Å². The summed E-state index contributed by atoms with van der Waals surface area (Å²) in [6.07, 6.45) is 1.35. The highest BCUT2D eigenvalue weighted by molar-refractivity contribution is 5.89. The first-order chi connectivity index (χ1) is 6.09. The van der Waals surface area contributed by atoms with E-state index < -0.39 is 5.97 Å². The fourth-order valence-corrected chi connectivity index (χ4v) is 1.13. The predicted molar refractivity (Wildman–Crippen MR) is 46.1 cm³/mol. The first kappa shape index (κ1) is 10.4. The molecular weight excluding hydrogens is 172 g/mol. The van der Waals surface area contributed by atoms with Crippen molar-refractivity contribution in [2.45, 2.75) is 25.4 Å². The Morgan fingerprint density at radius 1 is 1.85 bits per heavy atom. The van der Waals surface area contributed by atoms with Gasteiger partial charge in [0, 0.05) is 20.5 Å². The average molecular weight is 186 g/mol. The van der Waals surface area contributed by atoms with Gasteiger partial charge in [0.1, 0.15) is 0 Å². The van der Waals surface area contributed by atoms with Gasteiger partial charge in [-0.3, -0.25) is 4.79 Å². The minimum absolute atomic E-state index is 0.0473. The molecule has 1 aliphatic rings. The van der Waals surface area contributed by atoms with E-state index >= 15 is 0 Å². The van der Waals surface area contributed by atoms with Gasteiger partial charge < -0.3 is 14.2 Å². The van der Waals surface area contributed by atoms with Gasteiger partial charge in [0.15, 0.2) is 5.78 Å². The summed E-state index contributed by atoms with van der Waals surface area (Å²) in [5.74, 6) is -1.04. The fraction of sp³-hybridized carbons (Fsp3) is 0.667. The largest absolute Gasteiger partial charge is 0.331 e. The number of ketones is 1. The van der Waals surface area contributed by atoms with Crippen molar-refractivity contribution < 1.29 is 19.0 Å². The van der Waals surface area contributed by atoms with Crippen LogP contribution in [0.15, 0.2) is 12.7 Å². The van der Waals surface area contributed by atoms with E-state index in [-0.39, 0.29) is 11.9 Å². The third-order valence-electron chi connectivity index (χ3n) is 1.94. The number of hydrogen-bond acceptors (Lipinski definition) is 4. The molecule has 0 saturated carbocycles. The monoisotopic (exact) mass is 186 g/mol. The van der Waals surface area contributed by atoms with Crippen LogP contribution in [0.5, 0.6) is 0 Å². The molecule has 13 heavy (non-hydrogen) atoms. The summed E-state index contributed by atoms with van der Waals surface area (Å²) in [6.45, 7) is 5.43. The van der Waals surface area contributed by atoms with Crippen molar-refractivity contribution in [3.05, 3.63) is 12.7 Å². The lowest BCUT2D eigenvalue weighted by atomic mass is 10.2. The number of carbonyl (C=O) groups excluding carboxylic acids is 1. The van der Waals surface area contributed by atoms with Gasteiger partial charge in [-0.1, -0.05) is 6.58 Å². The van der Waals surface area contributed by atoms with E-state index in [0.29, 0.717) is 13.0 Å². The minimum atomic E-state index is -0.994. The van der Waals surface area contributed by atoms with Crippen LogP contribution in [-0.2, 0) is 19.0 Å². The van der Waals surface area contributed by atoms with Crippen molar-refractivity contribution in [3.63, 3.8) is 0 Å². The van der Waals surface area contributed by atoms with E-state index in [9.17, 15) is 4.79 Å². The Balaban J connectivity index is 2.41. The van der Waals surface area contributed by atoms with Crippen molar-refractivity contribution in [1.29, 1.82) is 0 Å². The van der Waals surface area contributed by atoms with Crippen LogP contribution >= 0.6 is 0 Å². The van der Waals surface area contributed by atoms with E-state index in [4.69, 9.17) is 14.2 Å². The maximum absolute atomic E-state index is 11.0. The Morgan fingerprint density at radius 2 is 2.54 bits per heavy atom. The molecule has 1 heterocycles. The Hall–Kier alpha value is -0.710. The Morgan fingerprint density at radius 3 is 3.00 bits per heavy atom. The van der Waals surface area contributed by atoms with Gasteiger partial charge in [0.2, 0.25) is 0 Å². The number of hydrogen-bond donors (Lipinski definition) is 0. The second kappa shape index (κ2) is 4.00. The number of methoxy groups -OCH3 is 1. The summed E-state index contributed by atoms with van der Waals surface area (Å²) >= 11 is 0. The van der Waals surface area contributed by atoms with Crippen molar-refractivity contribution in [2.24, 2.45) is 0 Å². The Labute approximate surface area is 77.5 Å². The van der Waals surface area contributed by atoms with Crippen molar-refractivity contribution >= 4 is 5.78 Å². The van der Waals surface area contributed by atoms with Crippen LogP contribution in [0.4, 0.5) is 0 Å². The molecule has 0 N–H and O–H groups in total. The molecule has 0 aromatic heterocycles. The van der Waals surface area contributed by atoms with Crippen molar-refractivity contribution in [1.82, 2.24) is 0 Å². The van der Waals surface area contributed by atoms with Gasteiger partial charge >= 0.3 is 0 Å². The summed E-state index contributed by atoms with van der Waals surface area (Å²) < 4.78 is 15.5. The third-order valence-corrected chi connectivity index (χ3v) is 1.94. The molecule has 4 heteroatoms. The quantitative estimate of drug-likeness (QED) is 0.611. The number of ether oxygens (including phenoxy) is 3. The van der Waals surface area contributed by atoms with Crippen LogP contribution in [0.25, 0.3) is 0 Å². The maximum Gasteiger partial charge on any atom is 0.280 e. The van der Waals surface area contributed by atoms with Gasteiger partial charge in [-0.2, -0.15) is 0 Å². The summed E-state index contributed by atoms with van der Waals surface area (Å²) in [5.41, 5.74) is 0.